The Kier molecular flexibility index (Phi) is 5.09. The van der Waals surface area contributed by atoms with E-state index in [0.717, 1.165) is 28.8 Å². The van der Waals surface area contributed by atoms with Crippen LogP contribution >= 0.6 is 15.9 Å². The topological polar surface area (TPSA) is 45.0 Å². The molecule has 4 heteroatoms. The minimum absolute atomic E-state index is 0.108. The normalized spacial score (nSPS) is 23.2. The highest BCUT2D eigenvalue weighted by molar-refractivity contribution is 9.10. The van der Waals surface area contributed by atoms with Gasteiger partial charge in [-0.3, -0.25) is 0 Å². The van der Waals surface area contributed by atoms with Gasteiger partial charge in [0.05, 0.1) is 23.6 Å². The molecule has 0 bridgehead atoms. The first-order chi connectivity index (χ1) is 9.24. The van der Waals surface area contributed by atoms with E-state index in [1.165, 1.54) is 19.3 Å². The molecule has 0 saturated heterocycles. The fourth-order valence-corrected chi connectivity index (χ4v) is 3.01. The SMILES string of the molecule is COc1cc(NC2CCCCCC2C#N)ccc1Br. The van der Waals surface area contributed by atoms with Gasteiger partial charge in [0, 0.05) is 17.8 Å². The van der Waals surface area contributed by atoms with Gasteiger partial charge in [-0.1, -0.05) is 19.3 Å². The van der Waals surface area contributed by atoms with Crippen LogP contribution in [0.4, 0.5) is 5.69 Å². The maximum atomic E-state index is 9.29. The molecule has 2 rings (SSSR count). The van der Waals surface area contributed by atoms with Crippen molar-refractivity contribution in [3.8, 4) is 11.8 Å². The van der Waals surface area contributed by atoms with Crippen LogP contribution in [0, 0.1) is 17.2 Å². The van der Waals surface area contributed by atoms with E-state index in [1.54, 1.807) is 7.11 Å². The zero-order chi connectivity index (χ0) is 13.7. The van der Waals surface area contributed by atoms with Gasteiger partial charge in [0.1, 0.15) is 5.75 Å². The Morgan fingerprint density at radius 1 is 1.32 bits per heavy atom. The van der Waals surface area contributed by atoms with Crippen LogP contribution in [0.2, 0.25) is 0 Å². The molecule has 1 aliphatic rings. The first-order valence-electron chi connectivity index (χ1n) is 6.74. The van der Waals surface area contributed by atoms with Crippen LogP contribution in [0.25, 0.3) is 0 Å². The van der Waals surface area contributed by atoms with E-state index < -0.39 is 0 Å². The zero-order valence-corrected chi connectivity index (χ0v) is 12.7. The molecule has 1 N–H and O–H groups in total. The summed E-state index contributed by atoms with van der Waals surface area (Å²) in [7, 11) is 1.66. The Morgan fingerprint density at radius 2 is 2.11 bits per heavy atom. The van der Waals surface area contributed by atoms with Crippen LogP contribution in [0.5, 0.6) is 5.75 Å². The monoisotopic (exact) mass is 322 g/mol. The molecule has 0 aliphatic heterocycles. The molecule has 0 amide bonds. The van der Waals surface area contributed by atoms with Gasteiger partial charge in [0.25, 0.3) is 0 Å². The lowest BCUT2D eigenvalue weighted by molar-refractivity contribution is 0.412. The summed E-state index contributed by atoms with van der Waals surface area (Å²) in [5, 5.41) is 12.8. The number of methoxy groups -OCH3 is 1. The van der Waals surface area contributed by atoms with E-state index >= 15 is 0 Å². The molecule has 2 unspecified atom stereocenters. The van der Waals surface area contributed by atoms with Crippen molar-refractivity contribution in [2.75, 3.05) is 12.4 Å². The molecule has 1 aliphatic carbocycles. The second kappa shape index (κ2) is 6.81. The van der Waals surface area contributed by atoms with Crippen molar-refractivity contribution in [3.63, 3.8) is 0 Å². The summed E-state index contributed by atoms with van der Waals surface area (Å²) < 4.78 is 6.24. The molecule has 0 spiro atoms. The Morgan fingerprint density at radius 3 is 2.84 bits per heavy atom. The fraction of sp³-hybridized carbons (Fsp3) is 0.533. The number of nitrogens with zero attached hydrogens (tertiary/aromatic N) is 1. The van der Waals surface area contributed by atoms with Gasteiger partial charge >= 0.3 is 0 Å². The largest absolute Gasteiger partial charge is 0.495 e. The summed E-state index contributed by atoms with van der Waals surface area (Å²) in [5.74, 6) is 0.921. The molecular formula is C15H19BrN2O. The predicted octanol–water partition coefficient (Wildman–Crippen LogP) is 4.34. The maximum Gasteiger partial charge on any atom is 0.135 e. The summed E-state index contributed by atoms with van der Waals surface area (Å²) in [6, 6.07) is 8.67. The van der Waals surface area contributed by atoms with Gasteiger partial charge in [-0.25, -0.2) is 0 Å². The zero-order valence-electron chi connectivity index (χ0n) is 11.2. The highest BCUT2D eigenvalue weighted by Crippen LogP contribution is 2.30. The fourth-order valence-electron chi connectivity index (χ4n) is 2.60. The van der Waals surface area contributed by atoms with Crippen molar-refractivity contribution < 1.29 is 4.74 Å². The summed E-state index contributed by atoms with van der Waals surface area (Å²) in [6.45, 7) is 0. The summed E-state index contributed by atoms with van der Waals surface area (Å²) >= 11 is 3.45. The average molecular weight is 323 g/mol. The summed E-state index contributed by atoms with van der Waals surface area (Å²) in [5.41, 5.74) is 1.02. The van der Waals surface area contributed by atoms with Gasteiger partial charge in [-0.15, -0.1) is 0 Å². The molecule has 1 aromatic rings. The van der Waals surface area contributed by atoms with Gasteiger partial charge in [0.2, 0.25) is 0 Å². The molecule has 1 fully saturated rings. The number of rotatable bonds is 3. The molecule has 1 saturated carbocycles. The number of ether oxygens (including phenoxy) is 1. The van der Waals surface area contributed by atoms with Gasteiger partial charge < -0.3 is 10.1 Å². The van der Waals surface area contributed by atoms with Gasteiger partial charge in [0.15, 0.2) is 0 Å². The molecule has 1 aromatic carbocycles. The summed E-state index contributed by atoms with van der Waals surface area (Å²) in [6.07, 6.45) is 5.67. The number of halogens is 1. The minimum atomic E-state index is 0.108. The number of nitrogens with one attached hydrogen (secondary N) is 1. The van der Waals surface area contributed by atoms with Crippen LogP contribution in [-0.4, -0.2) is 13.2 Å². The van der Waals surface area contributed by atoms with Crippen molar-refractivity contribution in [3.05, 3.63) is 22.7 Å². The van der Waals surface area contributed by atoms with E-state index in [0.29, 0.717) is 0 Å². The Labute approximate surface area is 123 Å². The molecule has 0 radical (unpaired) electrons. The average Bonchev–Trinajstić information content (AvgIpc) is 2.66. The predicted molar refractivity (Wildman–Crippen MR) is 80.3 cm³/mol. The van der Waals surface area contributed by atoms with Gasteiger partial charge in [-0.05, 0) is 40.9 Å². The molecule has 19 heavy (non-hydrogen) atoms. The lowest BCUT2D eigenvalue weighted by atomic mass is 9.96. The van der Waals surface area contributed by atoms with Crippen LogP contribution in [0.15, 0.2) is 22.7 Å². The van der Waals surface area contributed by atoms with Crippen LogP contribution < -0.4 is 10.1 Å². The number of hydrogen-bond acceptors (Lipinski definition) is 3. The van der Waals surface area contributed by atoms with Gasteiger partial charge in [-0.2, -0.15) is 5.26 Å². The molecule has 3 nitrogen and oxygen atoms in total. The lowest BCUT2D eigenvalue weighted by Crippen LogP contribution is -2.27. The second-order valence-electron chi connectivity index (χ2n) is 4.97. The highest BCUT2D eigenvalue weighted by Gasteiger charge is 2.23. The third-order valence-corrected chi connectivity index (χ3v) is 4.34. The number of anilines is 1. The molecule has 2 atom stereocenters. The molecule has 0 aromatic heterocycles. The Hall–Kier alpha value is -1.21. The highest BCUT2D eigenvalue weighted by atomic mass is 79.9. The molecule has 0 heterocycles. The number of benzene rings is 1. The Bertz CT molecular complexity index is 470. The van der Waals surface area contributed by atoms with Crippen molar-refractivity contribution in [1.82, 2.24) is 0 Å². The molecular weight excluding hydrogens is 304 g/mol. The third-order valence-electron chi connectivity index (χ3n) is 3.68. The van der Waals surface area contributed by atoms with Crippen molar-refractivity contribution >= 4 is 21.6 Å². The standard InChI is InChI=1S/C15H19BrN2O/c1-19-15-9-12(7-8-13(15)16)18-14-6-4-2-3-5-11(14)10-17/h7-9,11,14,18H,2-6H2,1H3. The number of nitriles is 1. The van der Waals surface area contributed by atoms with Crippen LogP contribution in [0.1, 0.15) is 32.1 Å². The van der Waals surface area contributed by atoms with Crippen molar-refractivity contribution in [2.45, 2.75) is 38.1 Å². The smallest absolute Gasteiger partial charge is 0.135 e. The third kappa shape index (κ3) is 3.63. The molecule has 102 valence electrons. The maximum absolute atomic E-state index is 9.29. The van der Waals surface area contributed by atoms with Crippen LogP contribution in [-0.2, 0) is 0 Å². The first kappa shape index (κ1) is 14.2. The second-order valence-corrected chi connectivity index (χ2v) is 5.83. The van der Waals surface area contributed by atoms with E-state index in [1.807, 2.05) is 18.2 Å². The minimum Gasteiger partial charge on any atom is -0.495 e. The lowest BCUT2D eigenvalue weighted by Gasteiger charge is -2.22. The van der Waals surface area contributed by atoms with E-state index in [4.69, 9.17) is 4.74 Å². The number of hydrogen-bond donors (Lipinski definition) is 1. The van der Waals surface area contributed by atoms with Crippen molar-refractivity contribution in [2.24, 2.45) is 5.92 Å². The quantitative estimate of drug-likeness (QED) is 0.842. The van der Waals surface area contributed by atoms with E-state index in [9.17, 15) is 5.26 Å². The Balaban J connectivity index is 2.12. The summed E-state index contributed by atoms with van der Waals surface area (Å²) in [4.78, 5) is 0. The van der Waals surface area contributed by atoms with E-state index in [-0.39, 0.29) is 12.0 Å². The van der Waals surface area contributed by atoms with Crippen LogP contribution in [0.3, 0.4) is 0 Å². The first-order valence-corrected chi connectivity index (χ1v) is 7.53. The van der Waals surface area contributed by atoms with E-state index in [2.05, 4.69) is 27.3 Å². The van der Waals surface area contributed by atoms with Crippen molar-refractivity contribution in [1.29, 1.82) is 5.26 Å².